The summed E-state index contributed by atoms with van der Waals surface area (Å²) in [6.45, 7) is 1.13. The second-order valence-corrected chi connectivity index (χ2v) is 3.47. The van der Waals surface area contributed by atoms with E-state index >= 15 is 0 Å². The molecule has 1 aromatic rings. The van der Waals surface area contributed by atoms with E-state index in [-0.39, 0.29) is 0 Å². The van der Waals surface area contributed by atoms with E-state index in [0.717, 1.165) is 6.92 Å². The van der Waals surface area contributed by atoms with Crippen LogP contribution in [0.4, 0.5) is 20.2 Å². The Morgan fingerprint density at radius 2 is 2.00 bits per heavy atom. The highest BCUT2D eigenvalue weighted by molar-refractivity contribution is 6.04. The third-order valence-corrected chi connectivity index (χ3v) is 1.90. The van der Waals surface area contributed by atoms with Crippen molar-refractivity contribution in [1.82, 2.24) is 0 Å². The van der Waals surface area contributed by atoms with Gasteiger partial charge < -0.3 is 5.32 Å². The van der Waals surface area contributed by atoms with Gasteiger partial charge in [0.2, 0.25) is 5.91 Å². The largest absolute Gasteiger partial charge is 0.318 e. The fourth-order valence-electron chi connectivity index (χ4n) is 1.24. The second kappa shape index (κ2) is 5.30. The van der Waals surface area contributed by atoms with Crippen molar-refractivity contribution in [2.45, 2.75) is 13.3 Å². The molecule has 0 aromatic heterocycles. The molecular formula is C10H8F2N2O4. The third-order valence-electron chi connectivity index (χ3n) is 1.90. The lowest BCUT2D eigenvalue weighted by Crippen LogP contribution is -2.17. The minimum atomic E-state index is -1.28. The molecule has 0 aliphatic heterocycles. The number of nitrogens with zero attached hydrogens (tertiary/aromatic N) is 1. The molecule has 0 atom stereocenters. The Hall–Kier alpha value is -2.38. The minimum absolute atomic E-state index is 0.399. The number of carbonyl (C=O) groups is 2. The minimum Gasteiger partial charge on any atom is -0.318 e. The highest BCUT2D eigenvalue weighted by Crippen LogP contribution is 2.28. The zero-order chi connectivity index (χ0) is 13.9. The predicted octanol–water partition coefficient (Wildman–Crippen LogP) is 1.79. The molecule has 0 heterocycles. The molecule has 6 nitrogen and oxygen atoms in total. The van der Waals surface area contributed by atoms with Crippen LogP contribution in [0.3, 0.4) is 0 Å². The molecule has 0 fully saturated rings. The number of benzene rings is 1. The summed E-state index contributed by atoms with van der Waals surface area (Å²) in [4.78, 5) is 31.4. The quantitative estimate of drug-likeness (QED) is 0.506. The zero-order valence-corrected chi connectivity index (χ0v) is 9.20. The molecule has 96 valence electrons. The van der Waals surface area contributed by atoms with Crippen molar-refractivity contribution < 1.29 is 23.3 Å². The molecule has 0 bridgehead atoms. The predicted molar refractivity (Wildman–Crippen MR) is 56.9 cm³/mol. The van der Waals surface area contributed by atoms with Gasteiger partial charge in [-0.25, -0.2) is 8.78 Å². The van der Waals surface area contributed by atoms with E-state index in [0.29, 0.717) is 12.1 Å². The Morgan fingerprint density at radius 1 is 1.39 bits per heavy atom. The summed E-state index contributed by atoms with van der Waals surface area (Å²) in [5.41, 5.74) is -1.67. The van der Waals surface area contributed by atoms with Crippen LogP contribution in [-0.4, -0.2) is 16.6 Å². The van der Waals surface area contributed by atoms with Crippen molar-refractivity contribution in [3.63, 3.8) is 0 Å². The van der Waals surface area contributed by atoms with Crippen LogP contribution in [0.2, 0.25) is 0 Å². The number of anilines is 1. The van der Waals surface area contributed by atoms with E-state index in [1.165, 1.54) is 0 Å². The van der Waals surface area contributed by atoms with Crippen molar-refractivity contribution in [1.29, 1.82) is 0 Å². The van der Waals surface area contributed by atoms with Crippen molar-refractivity contribution in [2.24, 2.45) is 0 Å². The zero-order valence-electron chi connectivity index (χ0n) is 9.20. The maximum atomic E-state index is 13.3. The van der Waals surface area contributed by atoms with Gasteiger partial charge in [0, 0.05) is 6.07 Å². The Morgan fingerprint density at radius 3 is 2.50 bits per heavy atom. The van der Waals surface area contributed by atoms with E-state index in [4.69, 9.17) is 0 Å². The summed E-state index contributed by atoms with van der Waals surface area (Å²) >= 11 is 0. The monoisotopic (exact) mass is 258 g/mol. The van der Waals surface area contributed by atoms with Crippen molar-refractivity contribution >= 4 is 23.1 Å². The molecule has 1 aromatic carbocycles. The number of nitro benzene ring substituents is 1. The average molecular weight is 258 g/mol. The maximum Gasteiger partial charge on any atom is 0.298 e. The smallest absolute Gasteiger partial charge is 0.298 e. The van der Waals surface area contributed by atoms with Crippen LogP contribution in [0.15, 0.2) is 12.1 Å². The van der Waals surface area contributed by atoms with Crippen LogP contribution in [0.25, 0.3) is 0 Å². The Bertz CT molecular complexity index is 531. The van der Waals surface area contributed by atoms with E-state index in [2.05, 4.69) is 0 Å². The summed E-state index contributed by atoms with van der Waals surface area (Å²) in [7, 11) is 0. The topological polar surface area (TPSA) is 89.3 Å². The summed E-state index contributed by atoms with van der Waals surface area (Å²) in [6, 6.07) is 0.878. The number of Topliss-reactive ketones (excluding diaryl/α,β-unsaturated/α-hetero) is 1. The first-order valence-electron chi connectivity index (χ1n) is 4.74. The van der Waals surface area contributed by atoms with Gasteiger partial charge in [0.05, 0.1) is 17.4 Å². The van der Waals surface area contributed by atoms with Crippen LogP contribution in [-0.2, 0) is 9.59 Å². The molecule has 8 heteroatoms. The average Bonchev–Trinajstić information content (AvgIpc) is 2.20. The first-order valence-corrected chi connectivity index (χ1v) is 4.74. The molecule has 0 aliphatic rings. The number of amides is 1. The van der Waals surface area contributed by atoms with Crippen LogP contribution in [0.1, 0.15) is 13.3 Å². The normalized spacial score (nSPS) is 9.94. The van der Waals surface area contributed by atoms with Gasteiger partial charge in [-0.1, -0.05) is 0 Å². The van der Waals surface area contributed by atoms with Crippen LogP contribution < -0.4 is 5.32 Å². The number of rotatable bonds is 4. The van der Waals surface area contributed by atoms with Gasteiger partial charge in [-0.15, -0.1) is 0 Å². The summed E-state index contributed by atoms with van der Waals surface area (Å²) in [5.74, 6) is -3.81. The number of nitrogens with one attached hydrogen (secondary N) is 1. The lowest BCUT2D eigenvalue weighted by atomic mass is 10.2. The second-order valence-electron chi connectivity index (χ2n) is 3.47. The van der Waals surface area contributed by atoms with Gasteiger partial charge >= 0.3 is 0 Å². The first kappa shape index (κ1) is 13.7. The fourth-order valence-corrected chi connectivity index (χ4v) is 1.24. The van der Waals surface area contributed by atoms with Crippen molar-refractivity contribution in [2.75, 3.05) is 5.32 Å². The van der Waals surface area contributed by atoms with E-state index < -0.39 is 46.0 Å². The van der Waals surface area contributed by atoms with Gasteiger partial charge in [-0.3, -0.25) is 19.7 Å². The van der Waals surface area contributed by atoms with Gasteiger partial charge in [-0.05, 0) is 6.92 Å². The van der Waals surface area contributed by atoms with Gasteiger partial charge in [-0.2, -0.15) is 0 Å². The van der Waals surface area contributed by atoms with Crippen LogP contribution in [0, 0.1) is 21.7 Å². The van der Waals surface area contributed by atoms with E-state index in [1.54, 1.807) is 0 Å². The molecule has 1 N–H and O–H groups in total. The van der Waals surface area contributed by atoms with E-state index in [1.807, 2.05) is 5.32 Å². The first-order chi connectivity index (χ1) is 8.31. The lowest BCUT2D eigenvalue weighted by molar-refractivity contribution is -0.384. The number of carbonyl (C=O) groups excluding carboxylic acids is 2. The fraction of sp³-hybridized carbons (Fsp3) is 0.200. The lowest BCUT2D eigenvalue weighted by Gasteiger charge is -2.06. The highest BCUT2D eigenvalue weighted by Gasteiger charge is 2.22. The van der Waals surface area contributed by atoms with Crippen LogP contribution >= 0.6 is 0 Å². The van der Waals surface area contributed by atoms with Crippen molar-refractivity contribution in [3.8, 4) is 0 Å². The molecule has 1 rings (SSSR count). The molecule has 0 saturated carbocycles. The number of halogens is 2. The molecule has 0 radical (unpaired) electrons. The molecule has 18 heavy (non-hydrogen) atoms. The summed E-state index contributed by atoms with van der Waals surface area (Å²) in [5, 5.41) is 12.5. The van der Waals surface area contributed by atoms with Crippen LogP contribution in [0.5, 0.6) is 0 Å². The maximum absolute atomic E-state index is 13.3. The molecule has 0 saturated heterocycles. The number of ketones is 1. The van der Waals surface area contributed by atoms with Crippen molar-refractivity contribution in [3.05, 3.63) is 33.9 Å². The summed E-state index contributed by atoms with van der Waals surface area (Å²) in [6.07, 6.45) is -0.548. The van der Waals surface area contributed by atoms with Gasteiger partial charge in [0.1, 0.15) is 11.6 Å². The molecule has 0 aliphatic carbocycles. The standard InChI is InChI=1S/C10H8F2N2O4/c1-5(15)2-9(16)13-10-7(12)3-6(11)4-8(10)14(17)18/h3-4H,2H2,1H3,(H,13,16). The number of nitro groups is 1. The van der Waals surface area contributed by atoms with Gasteiger partial charge in [0.15, 0.2) is 11.5 Å². The van der Waals surface area contributed by atoms with Gasteiger partial charge in [0.25, 0.3) is 5.69 Å². The Balaban J connectivity index is 3.11. The molecule has 0 unspecified atom stereocenters. The Kier molecular flexibility index (Phi) is 4.03. The molecule has 0 spiro atoms. The highest BCUT2D eigenvalue weighted by atomic mass is 19.1. The molecular weight excluding hydrogens is 250 g/mol. The molecule has 1 amide bonds. The SMILES string of the molecule is CC(=O)CC(=O)Nc1c(F)cc(F)cc1[N+](=O)[O-]. The summed E-state index contributed by atoms with van der Waals surface area (Å²) < 4.78 is 26.1. The number of hydrogen-bond acceptors (Lipinski definition) is 4. The number of hydrogen-bond donors (Lipinski definition) is 1. The van der Waals surface area contributed by atoms with E-state index in [9.17, 15) is 28.5 Å². The Labute approximate surface area is 99.7 Å². The third kappa shape index (κ3) is 3.30.